The fraction of sp³-hybridized carbons (Fsp3) is 0.636. The Hall–Kier alpha value is -0.640. The van der Waals surface area contributed by atoms with Gasteiger partial charge < -0.3 is 5.32 Å². The average Bonchev–Trinajstić information content (AvgIpc) is 1.99. The van der Waals surface area contributed by atoms with E-state index in [9.17, 15) is 0 Å². The number of anilines is 1. The van der Waals surface area contributed by atoms with Crippen molar-refractivity contribution in [1.29, 1.82) is 0 Å². The second-order valence-corrected chi connectivity index (χ2v) is 5.19. The number of rotatable bonds is 4. The van der Waals surface area contributed by atoms with Gasteiger partial charge in [-0.1, -0.05) is 13.3 Å². The highest BCUT2D eigenvalue weighted by atomic mass is 79.9. The molecule has 0 unspecified atom stereocenters. The van der Waals surface area contributed by atoms with Crippen LogP contribution in [0.1, 0.15) is 39.4 Å². The quantitative estimate of drug-likeness (QED) is 0.852. The van der Waals surface area contributed by atoms with Crippen molar-refractivity contribution in [2.45, 2.75) is 46.1 Å². The first kappa shape index (κ1) is 12.4. The highest BCUT2D eigenvalue weighted by molar-refractivity contribution is 9.10. The Morgan fingerprint density at radius 1 is 1.40 bits per heavy atom. The van der Waals surface area contributed by atoms with Crippen molar-refractivity contribution in [3.63, 3.8) is 0 Å². The number of nitrogens with one attached hydrogen (secondary N) is 1. The van der Waals surface area contributed by atoms with Gasteiger partial charge in [-0.25, -0.2) is 9.97 Å². The topological polar surface area (TPSA) is 37.8 Å². The third-order valence-electron chi connectivity index (χ3n) is 2.15. The van der Waals surface area contributed by atoms with Crippen LogP contribution in [0, 0.1) is 6.92 Å². The third kappa shape index (κ3) is 4.16. The Kier molecular flexibility index (Phi) is 4.08. The van der Waals surface area contributed by atoms with E-state index in [1.165, 1.54) is 0 Å². The standard InChI is InChI=1S/C11H18BrN3/c1-5-6-11(3,4)15-10-7-9(12)13-8(2)14-10/h7H,5-6H2,1-4H3,(H,13,14,15). The van der Waals surface area contributed by atoms with Gasteiger partial charge in [0.05, 0.1) is 0 Å². The molecule has 4 heteroatoms. The van der Waals surface area contributed by atoms with Crippen LogP contribution in [-0.4, -0.2) is 15.5 Å². The maximum Gasteiger partial charge on any atom is 0.131 e. The lowest BCUT2D eigenvalue weighted by atomic mass is 9.99. The minimum Gasteiger partial charge on any atom is -0.365 e. The molecule has 0 radical (unpaired) electrons. The van der Waals surface area contributed by atoms with Crippen LogP contribution in [0.4, 0.5) is 5.82 Å². The monoisotopic (exact) mass is 271 g/mol. The fourth-order valence-electron chi connectivity index (χ4n) is 1.63. The lowest BCUT2D eigenvalue weighted by molar-refractivity contribution is 0.508. The summed E-state index contributed by atoms with van der Waals surface area (Å²) in [5, 5.41) is 3.42. The molecule has 0 aliphatic rings. The van der Waals surface area contributed by atoms with Crippen LogP contribution in [0.15, 0.2) is 10.7 Å². The number of hydrogen-bond acceptors (Lipinski definition) is 3. The third-order valence-corrected chi connectivity index (χ3v) is 2.55. The van der Waals surface area contributed by atoms with E-state index in [1.54, 1.807) is 0 Å². The molecule has 1 aromatic heterocycles. The predicted molar refractivity (Wildman–Crippen MR) is 67.1 cm³/mol. The summed E-state index contributed by atoms with van der Waals surface area (Å²) in [6.07, 6.45) is 2.28. The number of hydrogen-bond donors (Lipinski definition) is 1. The molecule has 15 heavy (non-hydrogen) atoms. The molecule has 0 saturated heterocycles. The van der Waals surface area contributed by atoms with Crippen molar-refractivity contribution < 1.29 is 0 Å². The van der Waals surface area contributed by atoms with Gasteiger partial charge in [-0.2, -0.15) is 0 Å². The lowest BCUT2D eigenvalue weighted by Crippen LogP contribution is -2.31. The molecule has 84 valence electrons. The largest absolute Gasteiger partial charge is 0.365 e. The zero-order valence-corrected chi connectivity index (χ0v) is 11.3. The number of aromatic nitrogens is 2. The van der Waals surface area contributed by atoms with Gasteiger partial charge in [-0.05, 0) is 43.1 Å². The maximum atomic E-state index is 4.35. The Balaban J connectivity index is 2.80. The van der Waals surface area contributed by atoms with Crippen molar-refractivity contribution >= 4 is 21.7 Å². The minimum absolute atomic E-state index is 0.0784. The smallest absolute Gasteiger partial charge is 0.131 e. The SMILES string of the molecule is CCCC(C)(C)Nc1cc(Br)nc(C)n1. The summed E-state index contributed by atoms with van der Waals surface area (Å²) >= 11 is 3.37. The van der Waals surface area contributed by atoms with E-state index in [2.05, 4.69) is 52.0 Å². The van der Waals surface area contributed by atoms with Crippen LogP contribution < -0.4 is 5.32 Å². The molecular weight excluding hydrogens is 254 g/mol. The van der Waals surface area contributed by atoms with Gasteiger partial charge >= 0.3 is 0 Å². The molecule has 0 aliphatic carbocycles. The van der Waals surface area contributed by atoms with E-state index in [-0.39, 0.29) is 5.54 Å². The molecule has 0 aliphatic heterocycles. The molecule has 0 saturated carbocycles. The second-order valence-electron chi connectivity index (χ2n) is 4.38. The van der Waals surface area contributed by atoms with E-state index < -0.39 is 0 Å². The Morgan fingerprint density at radius 2 is 2.07 bits per heavy atom. The molecule has 0 bridgehead atoms. The number of halogens is 1. The Morgan fingerprint density at radius 3 is 2.60 bits per heavy atom. The first-order valence-corrected chi connectivity index (χ1v) is 6.01. The molecule has 0 aromatic carbocycles. The molecule has 1 N–H and O–H groups in total. The summed E-state index contributed by atoms with van der Waals surface area (Å²) in [7, 11) is 0. The van der Waals surface area contributed by atoms with Crippen molar-refractivity contribution in [2.24, 2.45) is 0 Å². The van der Waals surface area contributed by atoms with Gasteiger partial charge in [-0.3, -0.25) is 0 Å². The Bertz CT molecular complexity index is 316. The van der Waals surface area contributed by atoms with Crippen molar-refractivity contribution in [1.82, 2.24) is 9.97 Å². The lowest BCUT2D eigenvalue weighted by Gasteiger charge is -2.26. The van der Waals surface area contributed by atoms with Crippen LogP contribution in [0.5, 0.6) is 0 Å². The van der Waals surface area contributed by atoms with E-state index >= 15 is 0 Å². The van der Waals surface area contributed by atoms with Crippen molar-refractivity contribution in [3.05, 3.63) is 16.5 Å². The normalized spacial score (nSPS) is 11.5. The summed E-state index contributed by atoms with van der Waals surface area (Å²) in [5.74, 6) is 1.66. The first-order chi connectivity index (χ1) is 6.93. The second kappa shape index (κ2) is 4.92. The molecule has 1 aromatic rings. The number of aryl methyl sites for hydroxylation is 1. The maximum absolute atomic E-state index is 4.35. The highest BCUT2D eigenvalue weighted by Crippen LogP contribution is 2.20. The molecular formula is C11H18BrN3. The van der Waals surface area contributed by atoms with E-state index in [4.69, 9.17) is 0 Å². The van der Waals surface area contributed by atoms with Crippen LogP contribution in [0.3, 0.4) is 0 Å². The van der Waals surface area contributed by atoms with E-state index in [0.29, 0.717) is 0 Å². The van der Waals surface area contributed by atoms with E-state index in [0.717, 1.165) is 29.1 Å². The van der Waals surface area contributed by atoms with Crippen LogP contribution >= 0.6 is 15.9 Å². The minimum atomic E-state index is 0.0784. The summed E-state index contributed by atoms with van der Waals surface area (Å²) < 4.78 is 0.824. The molecule has 0 fully saturated rings. The van der Waals surface area contributed by atoms with Crippen molar-refractivity contribution in [3.8, 4) is 0 Å². The molecule has 1 rings (SSSR count). The van der Waals surface area contributed by atoms with Crippen LogP contribution in [0.25, 0.3) is 0 Å². The zero-order valence-electron chi connectivity index (χ0n) is 9.76. The van der Waals surface area contributed by atoms with Crippen LogP contribution in [-0.2, 0) is 0 Å². The highest BCUT2D eigenvalue weighted by Gasteiger charge is 2.16. The molecule has 0 atom stereocenters. The molecule has 0 spiro atoms. The van der Waals surface area contributed by atoms with Gasteiger partial charge in [0.2, 0.25) is 0 Å². The first-order valence-electron chi connectivity index (χ1n) is 5.22. The van der Waals surface area contributed by atoms with E-state index in [1.807, 2.05) is 13.0 Å². The van der Waals surface area contributed by atoms with Gasteiger partial charge in [-0.15, -0.1) is 0 Å². The van der Waals surface area contributed by atoms with Gasteiger partial charge in [0, 0.05) is 11.6 Å². The number of nitrogens with zero attached hydrogens (tertiary/aromatic N) is 2. The van der Waals surface area contributed by atoms with Gasteiger partial charge in [0.25, 0.3) is 0 Å². The summed E-state index contributed by atoms with van der Waals surface area (Å²) in [6, 6.07) is 1.91. The summed E-state index contributed by atoms with van der Waals surface area (Å²) in [5.41, 5.74) is 0.0784. The molecule has 1 heterocycles. The average molecular weight is 272 g/mol. The van der Waals surface area contributed by atoms with Gasteiger partial charge in [0.15, 0.2) is 0 Å². The predicted octanol–water partition coefficient (Wildman–Crippen LogP) is 3.54. The summed E-state index contributed by atoms with van der Waals surface area (Å²) in [6.45, 7) is 8.44. The Labute approximate surface area is 99.8 Å². The molecule has 3 nitrogen and oxygen atoms in total. The summed E-state index contributed by atoms with van der Waals surface area (Å²) in [4.78, 5) is 8.53. The van der Waals surface area contributed by atoms with Gasteiger partial charge in [0.1, 0.15) is 16.2 Å². The fourth-order valence-corrected chi connectivity index (χ4v) is 2.10. The van der Waals surface area contributed by atoms with Crippen molar-refractivity contribution in [2.75, 3.05) is 5.32 Å². The molecule has 0 amide bonds. The zero-order chi connectivity index (χ0) is 11.5. The van der Waals surface area contributed by atoms with Crippen LogP contribution in [0.2, 0.25) is 0 Å².